The lowest BCUT2D eigenvalue weighted by atomic mass is 10.1. The molecule has 0 spiro atoms. The minimum Gasteiger partial charge on any atom is -0.326 e. The van der Waals surface area contributed by atoms with Crippen LogP contribution in [0.4, 0.5) is 5.69 Å². The Labute approximate surface area is 134 Å². The van der Waals surface area contributed by atoms with E-state index in [9.17, 15) is 4.79 Å². The second-order valence-electron chi connectivity index (χ2n) is 5.50. The molecule has 0 aliphatic carbocycles. The van der Waals surface area contributed by atoms with E-state index in [0.29, 0.717) is 11.6 Å². The summed E-state index contributed by atoms with van der Waals surface area (Å²) in [5, 5.41) is 9.86. The molecule has 3 aromatic rings. The van der Waals surface area contributed by atoms with Gasteiger partial charge in [0.2, 0.25) is 5.91 Å². The van der Waals surface area contributed by atoms with E-state index in [-0.39, 0.29) is 12.3 Å². The van der Waals surface area contributed by atoms with E-state index in [0.717, 1.165) is 16.8 Å². The lowest BCUT2D eigenvalue weighted by molar-refractivity contribution is -0.115. The molecule has 0 radical (unpaired) electrons. The van der Waals surface area contributed by atoms with Gasteiger partial charge in [-0.1, -0.05) is 36.4 Å². The molecule has 5 nitrogen and oxygen atoms in total. The lowest BCUT2D eigenvalue weighted by Crippen LogP contribution is -2.15. The third-order valence-corrected chi connectivity index (χ3v) is 3.68. The number of nitrogens with zero attached hydrogens (tertiary/aromatic N) is 2. The number of amides is 1. The normalized spacial score (nSPS) is 10.5. The molecule has 0 unspecified atom stereocenters. The van der Waals surface area contributed by atoms with Gasteiger partial charge in [0, 0.05) is 11.3 Å². The first-order valence-corrected chi connectivity index (χ1v) is 7.45. The Hall–Kier alpha value is -2.95. The molecule has 5 heteroatoms. The Balaban J connectivity index is 1.66. The number of hydrogen-bond acceptors (Lipinski definition) is 3. The first kappa shape index (κ1) is 15.0. The largest absolute Gasteiger partial charge is 0.326 e. The maximum absolute atomic E-state index is 12.1. The second kappa shape index (κ2) is 6.44. The number of rotatable bonds is 4. The molecule has 0 aliphatic heterocycles. The molecule has 116 valence electrons. The molecule has 0 aliphatic rings. The van der Waals surface area contributed by atoms with Gasteiger partial charge in [0.05, 0.1) is 6.42 Å². The number of nitrogens with one attached hydrogen (secondary N) is 2. The molecule has 0 saturated carbocycles. The summed E-state index contributed by atoms with van der Waals surface area (Å²) < 4.78 is 0. The van der Waals surface area contributed by atoms with Gasteiger partial charge in [-0.2, -0.15) is 5.10 Å². The van der Waals surface area contributed by atoms with Crippen molar-refractivity contribution in [1.82, 2.24) is 15.2 Å². The SMILES string of the molecule is Cc1ccc(NC(=O)Cc2nc(-c3ccccc3)n[nH]2)cc1C. The molecule has 0 bridgehead atoms. The average Bonchev–Trinajstić information content (AvgIpc) is 3.00. The number of H-pyrrole nitrogens is 1. The van der Waals surface area contributed by atoms with Gasteiger partial charge < -0.3 is 5.32 Å². The number of hydrogen-bond donors (Lipinski definition) is 2. The molecule has 2 aromatic carbocycles. The fourth-order valence-corrected chi connectivity index (χ4v) is 2.27. The monoisotopic (exact) mass is 306 g/mol. The zero-order valence-electron chi connectivity index (χ0n) is 13.1. The molecule has 0 atom stereocenters. The highest BCUT2D eigenvalue weighted by molar-refractivity contribution is 5.92. The van der Waals surface area contributed by atoms with E-state index in [1.807, 2.05) is 62.4 Å². The number of carbonyl (C=O) groups excluding carboxylic acids is 1. The quantitative estimate of drug-likeness (QED) is 0.777. The zero-order chi connectivity index (χ0) is 16.2. The smallest absolute Gasteiger partial charge is 0.232 e. The van der Waals surface area contributed by atoms with Crippen LogP contribution >= 0.6 is 0 Å². The Morgan fingerprint density at radius 3 is 2.61 bits per heavy atom. The van der Waals surface area contributed by atoms with Crippen LogP contribution in [0.2, 0.25) is 0 Å². The van der Waals surface area contributed by atoms with Crippen molar-refractivity contribution in [3.8, 4) is 11.4 Å². The fourth-order valence-electron chi connectivity index (χ4n) is 2.27. The van der Waals surface area contributed by atoms with Crippen molar-refractivity contribution >= 4 is 11.6 Å². The van der Waals surface area contributed by atoms with Crippen LogP contribution in [0.25, 0.3) is 11.4 Å². The van der Waals surface area contributed by atoms with E-state index in [1.54, 1.807) is 0 Å². The van der Waals surface area contributed by atoms with Gasteiger partial charge in [0.25, 0.3) is 0 Å². The van der Waals surface area contributed by atoms with Crippen molar-refractivity contribution in [1.29, 1.82) is 0 Å². The number of anilines is 1. The Bertz CT molecular complexity index is 824. The Kier molecular flexibility index (Phi) is 4.19. The molecule has 1 heterocycles. The van der Waals surface area contributed by atoms with Crippen molar-refractivity contribution in [2.24, 2.45) is 0 Å². The number of aryl methyl sites for hydroxylation is 2. The molecule has 0 fully saturated rings. The first-order valence-electron chi connectivity index (χ1n) is 7.45. The maximum Gasteiger partial charge on any atom is 0.232 e. The van der Waals surface area contributed by atoms with Crippen molar-refractivity contribution in [3.63, 3.8) is 0 Å². The molecule has 3 rings (SSSR count). The van der Waals surface area contributed by atoms with Crippen LogP contribution in [0, 0.1) is 13.8 Å². The van der Waals surface area contributed by atoms with E-state index in [1.165, 1.54) is 5.56 Å². The number of benzene rings is 2. The summed E-state index contributed by atoms with van der Waals surface area (Å²) in [4.78, 5) is 16.5. The van der Waals surface area contributed by atoms with Gasteiger partial charge in [0.15, 0.2) is 5.82 Å². The predicted octanol–water partition coefficient (Wildman–Crippen LogP) is 3.27. The summed E-state index contributed by atoms with van der Waals surface area (Å²) in [5.74, 6) is 1.02. The van der Waals surface area contributed by atoms with Crippen molar-refractivity contribution in [3.05, 3.63) is 65.5 Å². The first-order chi connectivity index (χ1) is 11.1. The minimum atomic E-state index is -0.121. The van der Waals surface area contributed by atoms with Gasteiger partial charge >= 0.3 is 0 Å². The number of aromatic nitrogens is 3. The Morgan fingerprint density at radius 2 is 1.87 bits per heavy atom. The minimum absolute atomic E-state index is 0.121. The highest BCUT2D eigenvalue weighted by Crippen LogP contribution is 2.15. The molecular weight excluding hydrogens is 288 g/mol. The summed E-state index contributed by atoms with van der Waals surface area (Å²) >= 11 is 0. The van der Waals surface area contributed by atoms with Crippen molar-refractivity contribution in [2.75, 3.05) is 5.32 Å². The summed E-state index contributed by atoms with van der Waals surface area (Å²) in [7, 11) is 0. The summed E-state index contributed by atoms with van der Waals surface area (Å²) in [6, 6.07) is 15.5. The van der Waals surface area contributed by atoms with Crippen molar-refractivity contribution < 1.29 is 4.79 Å². The third kappa shape index (κ3) is 3.63. The van der Waals surface area contributed by atoms with E-state index in [4.69, 9.17) is 0 Å². The van der Waals surface area contributed by atoms with Crippen LogP contribution in [0.3, 0.4) is 0 Å². The highest BCUT2D eigenvalue weighted by Gasteiger charge is 2.10. The lowest BCUT2D eigenvalue weighted by Gasteiger charge is -2.06. The Morgan fingerprint density at radius 1 is 1.09 bits per heavy atom. The molecule has 2 N–H and O–H groups in total. The maximum atomic E-state index is 12.1. The van der Waals surface area contributed by atoms with Crippen LogP contribution in [0.5, 0.6) is 0 Å². The molecule has 0 saturated heterocycles. The van der Waals surface area contributed by atoms with Gasteiger partial charge in [-0.3, -0.25) is 9.89 Å². The zero-order valence-corrected chi connectivity index (χ0v) is 13.1. The van der Waals surface area contributed by atoms with Crippen LogP contribution in [0.15, 0.2) is 48.5 Å². The summed E-state index contributed by atoms with van der Waals surface area (Å²) in [5.41, 5.74) is 4.06. The molecule has 1 aromatic heterocycles. The standard InChI is InChI=1S/C18H18N4O/c1-12-8-9-15(10-13(12)2)19-17(23)11-16-20-18(22-21-16)14-6-4-3-5-7-14/h3-10H,11H2,1-2H3,(H,19,23)(H,20,21,22). The number of aromatic amines is 1. The van der Waals surface area contributed by atoms with Crippen LogP contribution < -0.4 is 5.32 Å². The van der Waals surface area contributed by atoms with Crippen LogP contribution in [0.1, 0.15) is 17.0 Å². The number of carbonyl (C=O) groups is 1. The molecule has 23 heavy (non-hydrogen) atoms. The predicted molar refractivity (Wildman–Crippen MR) is 90.1 cm³/mol. The van der Waals surface area contributed by atoms with Crippen LogP contribution in [-0.2, 0) is 11.2 Å². The van der Waals surface area contributed by atoms with Crippen molar-refractivity contribution in [2.45, 2.75) is 20.3 Å². The van der Waals surface area contributed by atoms with Gasteiger partial charge in [-0.15, -0.1) is 0 Å². The van der Waals surface area contributed by atoms with E-state index in [2.05, 4.69) is 20.5 Å². The van der Waals surface area contributed by atoms with Gasteiger partial charge in [0.1, 0.15) is 5.82 Å². The average molecular weight is 306 g/mol. The topological polar surface area (TPSA) is 70.7 Å². The molecular formula is C18H18N4O. The van der Waals surface area contributed by atoms with E-state index >= 15 is 0 Å². The van der Waals surface area contributed by atoms with Crippen LogP contribution in [-0.4, -0.2) is 21.1 Å². The van der Waals surface area contributed by atoms with Gasteiger partial charge in [-0.25, -0.2) is 4.98 Å². The fraction of sp³-hybridized carbons (Fsp3) is 0.167. The molecule has 1 amide bonds. The second-order valence-corrected chi connectivity index (χ2v) is 5.50. The van der Waals surface area contributed by atoms with E-state index < -0.39 is 0 Å². The summed E-state index contributed by atoms with van der Waals surface area (Å²) in [6.45, 7) is 4.06. The third-order valence-electron chi connectivity index (χ3n) is 3.68. The van der Waals surface area contributed by atoms with Gasteiger partial charge in [-0.05, 0) is 37.1 Å². The highest BCUT2D eigenvalue weighted by atomic mass is 16.1. The summed E-state index contributed by atoms with van der Waals surface area (Å²) in [6.07, 6.45) is 0.159.